The maximum Gasteiger partial charge on any atom is 0.318 e. The zero-order valence-electron chi connectivity index (χ0n) is 23.8. The first kappa shape index (κ1) is 28.9. The minimum Gasteiger partial charge on any atom is -0.450 e. The topological polar surface area (TPSA) is 153 Å². The monoisotopic (exact) mass is 574 g/mol. The smallest absolute Gasteiger partial charge is 0.318 e. The van der Waals surface area contributed by atoms with Crippen LogP contribution >= 0.6 is 0 Å². The van der Waals surface area contributed by atoms with E-state index in [1.54, 1.807) is 24.4 Å². The zero-order chi connectivity index (χ0) is 30.2. The molecule has 3 fully saturated rings. The maximum atomic E-state index is 13.2. The Bertz CT molecular complexity index is 1550. The van der Waals surface area contributed by atoms with Gasteiger partial charge < -0.3 is 15.4 Å². The minimum absolute atomic E-state index is 0.0385. The standard InChI is InChI=1S/C30H34N6O6/c1-5-18-17-34-13-11-19(18)14-26(34)28(32-29(37)33-30(2,3)4)22-10-12-31-24-8-7-21(16-23(22)24)42-27-9-6-20(35(38)39)15-25(27)36(40)41/h5-10,12,15-16,18-19,26,28H,1,11,13-14,17H2,2-4H3,(H2,32,33,37)/t18-,19-,26-,28+/m0/s1. The number of amides is 2. The van der Waals surface area contributed by atoms with E-state index in [-0.39, 0.29) is 23.9 Å². The lowest BCUT2D eigenvalue weighted by atomic mass is 9.73. The number of piperidine rings is 3. The first-order chi connectivity index (χ1) is 19.9. The van der Waals surface area contributed by atoms with Crippen LogP contribution in [0.3, 0.4) is 0 Å². The molecule has 12 heteroatoms. The van der Waals surface area contributed by atoms with Crippen molar-refractivity contribution in [3.63, 3.8) is 0 Å². The Hall–Kier alpha value is -4.58. The SMILES string of the molecule is C=C[C@H]1CN2CC[C@H]1C[C@H]2[C@H](NC(=O)NC(C)(C)C)c1ccnc2ccc(Oc3ccc([N+](=O)[O-])cc3[N+](=O)[O-])cc12. The third-order valence-corrected chi connectivity index (χ3v) is 7.97. The van der Waals surface area contributed by atoms with E-state index in [1.807, 2.05) is 32.9 Å². The van der Waals surface area contributed by atoms with Crippen LogP contribution < -0.4 is 15.4 Å². The molecule has 3 aliphatic heterocycles. The molecular weight excluding hydrogens is 540 g/mol. The number of carbonyl (C=O) groups excluding carboxylic acids is 1. The Kier molecular flexibility index (Phi) is 7.83. The van der Waals surface area contributed by atoms with Gasteiger partial charge in [0.05, 0.1) is 27.5 Å². The summed E-state index contributed by atoms with van der Waals surface area (Å²) in [6, 6.07) is 9.64. The fourth-order valence-corrected chi connectivity index (χ4v) is 6.08. The van der Waals surface area contributed by atoms with Gasteiger partial charge >= 0.3 is 11.7 Å². The summed E-state index contributed by atoms with van der Waals surface area (Å²) in [7, 11) is 0. The molecule has 1 unspecified atom stereocenters. The quantitative estimate of drug-likeness (QED) is 0.192. The fourth-order valence-electron chi connectivity index (χ4n) is 6.08. The van der Waals surface area contributed by atoms with Crippen molar-refractivity contribution in [3.05, 3.63) is 87.1 Å². The van der Waals surface area contributed by atoms with Crippen LogP contribution in [0, 0.1) is 32.1 Å². The average Bonchev–Trinajstić information content (AvgIpc) is 2.95. The van der Waals surface area contributed by atoms with Crippen molar-refractivity contribution < 1.29 is 19.4 Å². The number of urea groups is 1. The second-order valence-electron chi connectivity index (χ2n) is 11.9. The van der Waals surface area contributed by atoms with Crippen molar-refractivity contribution in [2.24, 2.45) is 11.8 Å². The number of aromatic nitrogens is 1. The molecule has 3 aromatic rings. The first-order valence-electron chi connectivity index (χ1n) is 13.9. The van der Waals surface area contributed by atoms with Crippen molar-refractivity contribution in [1.82, 2.24) is 20.5 Å². The van der Waals surface area contributed by atoms with Crippen molar-refractivity contribution in [2.45, 2.75) is 51.2 Å². The van der Waals surface area contributed by atoms with Crippen LogP contribution in [-0.4, -0.2) is 50.4 Å². The molecule has 0 aliphatic carbocycles. The maximum absolute atomic E-state index is 13.2. The molecule has 42 heavy (non-hydrogen) atoms. The number of nitro benzene ring substituents is 2. The van der Waals surface area contributed by atoms with E-state index >= 15 is 0 Å². The minimum atomic E-state index is -0.715. The molecule has 0 radical (unpaired) electrons. The molecule has 220 valence electrons. The first-order valence-corrected chi connectivity index (χ1v) is 13.9. The Labute approximate surface area is 243 Å². The molecule has 0 saturated carbocycles. The van der Waals surface area contributed by atoms with Crippen LogP contribution in [0.2, 0.25) is 0 Å². The van der Waals surface area contributed by atoms with E-state index < -0.39 is 26.8 Å². The fraction of sp³-hybridized carbons (Fsp3) is 0.400. The summed E-state index contributed by atoms with van der Waals surface area (Å²) in [5.41, 5.74) is 0.158. The van der Waals surface area contributed by atoms with Gasteiger partial charge in [0.2, 0.25) is 5.75 Å². The van der Waals surface area contributed by atoms with Gasteiger partial charge in [-0.3, -0.25) is 30.1 Å². The van der Waals surface area contributed by atoms with Gasteiger partial charge in [0.15, 0.2) is 0 Å². The van der Waals surface area contributed by atoms with Gasteiger partial charge in [-0.15, -0.1) is 6.58 Å². The number of nitrogens with one attached hydrogen (secondary N) is 2. The molecule has 3 saturated heterocycles. The molecular formula is C30H34N6O6. The lowest BCUT2D eigenvalue weighted by molar-refractivity contribution is -0.394. The lowest BCUT2D eigenvalue weighted by Crippen LogP contribution is -2.59. The van der Waals surface area contributed by atoms with Gasteiger partial charge in [-0.1, -0.05) is 6.08 Å². The number of nitro groups is 2. The van der Waals surface area contributed by atoms with Gasteiger partial charge in [0.1, 0.15) is 5.75 Å². The van der Waals surface area contributed by atoms with Gasteiger partial charge in [-0.2, -0.15) is 0 Å². The highest BCUT2D eigenvalue weighted by Gasteiger charge is 2.43. The Balaban J connectivity index is 1.54. The van der Waals surface area contributed by atoms with Crippen LogP contribution in [0.15, 0.2) is 61.3 Å². The Morgan fingerprint density at radius 1 is 1.17 bits per heavy atom. The summed E-state index contributed by atoms with van der Waals surface area (Å²) in [6.07, 6.45) is 5.71. The second-order valence-corrected chi connectivity index (χ2v) is 11.9. The van der Waals surface area contributed by atoms with E-state index in [9.17, 15) is 25.0 Å². The number of hydrogen-bond acceptors (Lipinski definition) is 8. The predicted molar refractivity (Wildman–Crippen MR) is 158 cm³/mol. The van der Waals surface area contributed by atoms with Gasteiger partial charge in [-0.05, 0) is 87.9 Å². The molecule has 1 aromatic heterocycles. The average molecular weight is 575 g/mol. The highest BCUT2D eigenvalue weighted by atomic mass is 16.6. The zero-order valence-corrected chi connectivity index (χ0v) is 23.8. The third-order valence-electron chi connectivity index (χ3n) is 7.97. The van der Waals surface area contributed by atoms with Crippen LogP contribution in [0.25, 0.3) is 10.9 Å². The number of pyridine rings is 1. The molecule has 2 aromatic carbocycles. The summed E-state index contributed by atoms with van der Waals surface area (Å²) in [4.78, 5) is 41.6. The van der Waals surface area contributed by atoms with Crippen LogP contribution in [0.5, 0.6) is 11.5 Å². The number of ether oxygens (including phenoxy) is 1. The number of rotatable bonds is 8. The number of non-ortho nitro benzene ring substituents is 1. The summed E-state index contributed by atoms with van der Waals surface area (Å²) in [5, 5.41) is 29.8. The molecule has 3 aliphatic rings. The highest BCUT2D eigenvalue weighted by molar-refractivity contribution is 5.85. The number of benzene rings is 2. The van der Waals surface area contributed by atoms with Crippen LogP contribution in [-0.2, 0) is 0 Å². The molecule has 6 rings (SSSR count). The lowest BCUT2D eigenvalue weighted by Gasteiger charge is -2.51. The molecule has 0 spiro atoms. The summed E-state index contributed by atoms with van der Waals surface area (Å²) >= 11 is 0. The van der Waals surface area contributed by atoms with Gasteiger partial charge in [0.25, 0.3) is 5.69 Å². The largest absolute Gasteiger partial charge is 0.450 e. The van der Waals surface area contributed by atoms with E-state index in [2.05, 4.69) is 27.1 Å². The van der Waals surface area contributed by atoms with E-state index in [4.69, 9.17) is 4.74 Å². The van der Waals surface area contributed by atoms with E-state index in [1.165, 1.54) is 6.07 Å². The second kappa shape index (κ2) is 11.4. The number of carbonyl (C=O) groups is 1. The van der Waals surface area contributed by atoms with Crippen molar-refractivity contribution in [2.75, 3.05) is 13.1 Å². The summed E-state index contributed by atoms with van der Waals surface area (Å²) < 4.78 is 5.91. The Morgan fingerprint density at radius 3 is 2.60 bits per heavy atom. The third kappa shape index (κ3) is 6.03. The van der Waals surface area contributed by atoms with Gasteiger partial charge in [0, 0.05) is 35.8 Å². The molecule has 2 bridgehead atoms. The molecule has 2 N–H and O–H groups in total. The predicted octanol–water partition coefficient (Wildman–Crippen LogP) is 5.88. The van der Waals surface area contributed by atoms with E-state index in [0.29, 0.717) is 23.1 Å². The highest BCUT2D eigenvalue weighted by Crippen LogP contribution is 2.43. The molecule has 12 nitrogen and oxygen atoms in total. The normalized spacial score (nSPS) is 22.3. The number of fused-ring (bicyclic) bond motifs is 4. The van der Waals surface area contributed by atoms with Crippen LogP contribution in [0.1, 0.15) is 45.2 Å². The Morgan fingerprint density at radius 2 is 1.95 bits per heavy atom. The van der Waals surface area contributed by atoms with Crippen molar-refractivity contribution in [1.29, 1.82) is 0 Å². The summed E-state index contributed by atoms with van der Waals surface area (Å²) in [5.74, 6) is 1.05. The molecule has 2 amide bonds. The van der Waals surface area contributed by atoms with Crippen molar-refractivity contribution in [3.8, 4) is 11.5 Å². The molecule has 5 atom stereocenters. The number of nitrogens with zero attached hydrogens (tertiary/aromatic N) is 4. The van der Waals surface area contributed by atoms with Crippen LogP contribution in [0.4, 0.5) is 16.2 Å². The number of hydrogen-bond donors (Lipinski definition) is 2. The van der Waals surface area contributed by atoms with Crippen molar-refractivity contribution >= 4 is 28.3 Å². The van der Waals surface area contributed by atoms with Gasteiger partial charge in [-0.25, -0.2) is 4.79 Å². The van der Waals surface area contributed by atoms with E-state index in [0.717, 1.165) is 49.0 Å². The summed E-state index contributed by atoms with van der Waals surface area (Å²) in [6.45, 7) is 11.6. The molecule has 4 heterocycles.